The molecule has 2 N–H and O–H groups in total. The van der Waals surface area contributed by atoms with Crippen molar-refractivity contribution in [3.63, 3.8) is 0 Å². The van der Waals surface area contributed by atoms with Crippen LogP contribution in [0.15, 0.2) is 59.3 Å². The van der Waals surface area contributed by atoms with Crippen LogP contribution >= 0.6 is 22.7 Å². The van der Waals surface area contributed by atoms with Crippen molar-refractivity contribution in [3.8, 4) is 10.7 Å². The van der Waals surface area contributed by atoms with Gasteiger partial charge in [0.15, 0.2) is 5.82 Å². The van der Waals surface area contributed by atoms with E-state index in [9.17, 15) is 5.11 Å². The smallest absolute Gasteiger partial charge is 0.172 e. The van der Waals surface area contributed by atoms with Gasteiger partial charge in [-0.25, -0.2) is 9.97 Å². The molecule has 1 aromatic carbocycles. The van der Waals surface area contributed by atoms with Gasteiger partial charge in [0.25, 0.3) is 0 Å². The Hall–Kier alpha value is -2.28. The fourth-order valence-electron chi connectivity index (χ4n) is 2.77. The molecule has 1 atom stereocenters. The number of fused-ring (bicyclic) bond motifs is 1. The lowest BCUT2D eigenvalue weighted by Gasteiger charge is -2.18. The molecule has 0 aliphatic carbocycles. The average molecular weight is 367 g/mol. The van der Waals surface area contributed by atoms with Crippen molar-refractivity contribution < 1.29 is 5.11 Å². The molecule has 0 radical (unpaired) electrons. The van der Waals surface area contributed by atoms with Gasteiger partial charge >= 0.3 is 0 Å². The molecule has 0 amide bonds. The molecule has 25 heavy (non-hydrogen) atoms. The summed E-state index contributed by atoms with van der Waals surface area (Å²) < 4.78 is 0. The summed E-state index contributed by atoms with van der Waals surface area (Å²) in [6, 6.07) is 16.2. The first-order chi connectivity index (χ1) is 12.3. The van der Waals surface area contributed by atoms with Gasteiger partial charge in [0.2, 0.25) is 0 Å². The summed E-state index contributed by atoms with van der Waals surface area (Å²) in [6.45, 7) is 0.121. The van der Waals surface area contributed by atoms with Crippen LogP contribution in [0.1, 0.15) is 17.3 Å². The highest BCUT2D eigenvalue weighted by Gasteiger charge is 2.16. The molecule has 0 bridgehead atoms. The maximum Gasteiger partial charge on any atom is 0.172 e. The topological polar surface area (TPSA) is 58.0 Å². The second-order valence-electron chi connectivity index (χ2n) is 5.61. The first-order valence-corrected chi connectivity index (χ1v) is 9.82. The number of aromatic nitrogens is 2. The van der Waals surface area contributed by atoms with Gasteiger partial charge in [-0.15, -0.1) is 22.7 Å². The first-order valence-electron chi connectivity index (χ1n) is 8.06. The van der Waals surface area contributed by atoms with E-state index < -0.39 is 0 Å². The third-order valence-electron chi connectivity index (χ3n) is 3.96. The standard InChI is InChI=1S/C19H17N3OS2/c23-10-9-15(16-7-3-11-24-16)21-18-13-5-1-2-6-14(13)20-19(22-18)17-8-4-12-25-17/h1-8,11-12,15,23H,9-10H2,(H,20,21,22). The molecule has 3 heterocycles. The van der Waals surface area contributed by atoms with E-state index in [1.165, 1.54) is 4.88 Å². The highest BCUT2D eigenvalue weighted by atomic mass is 32.1. The molecule has 3 aromatic heterocycles. The minimum atomic E-state index is 0.0273. The van der Waals surface area contributed by atoms with E-state index in [2.05, 4.69) is 16.8 Å². The summed E-state index contributed by atoms with van der Waals surface area (Å²) in [5.41, 5.74) is 0.914. The van der Waals surface area contributed by atoms with E-state index in [0.717, 1.165) is 27.4 Å². The Labute approximate surface area is 153 Å². The molecule has 0 aliphatic rings. The molecule has 0 saturated carbocycles. The Morgan fingerprint density at radius 2 is 1.80 bits per heavy atom. The van der Waals surface area contributed by atoms with E-state index in [0.29, 0.717) is 6.42 Å². The summed E-state index contributed by atoms with van der Waals surface area (Å²) in [4.78, 5) is 11.7. The second kappa shape index (κ2) is 7.31. The lowest BCUT2D eigenvalue weighted by Crippen LogP contribution is -2.13. The van der Waals surface area contributed by atoms with Crippen LogP contribution in [0.25, 0.3) is 21.6 Å². The van der Waals surface area contributed by atoms with Crippen molar-refractivity contribution in [2.45, 2.75) is 12.5 Å². The van der Waals surface area contributed by atoms with Gasteiger partial charge in [0.05, 0.1) is 16.4 Å². The number of anilines is 1. The SMILES string of the molecule is OCCC(Nc1nc(-c2cccs2)nc2ccccc12)c1cccs1. The molecule has 4 nitrogen and oxygen atoms in total. The van der Waals surface area contributed by atoms with Gasteiger partial charge in [-0.3, -0.25) is 0 Å². The number of thiophene rings is 2. The van der Waals surface area contributed by atoms with Gasteiger partial charge in [-0.1, -0.05) is 24.3 Å². The minimum Gasteiger partial charge on any atom is -0.396 e. The number of aliphatic hydroxyl groups is 1. The molecular weight excluding hydrogens is 350 g/mol. The van der Waals surface area contributed by atoms with Crippen LogP contribution in [-0.4, -0.2) is 21.7 Å². The van der Waals surface area contributed by atoms with E-state index >= 15 is 0 Å². The Balaban J connectivity index is 1.79. The largest absolute Gasteiger partial charge is 0.396 e. The molecule has 4 rings (SSSR count). The number of hydrogen-bond acceptors (Lipinski definition) is 6. The summed E-state index contributed by atoms with van der Waals surface area (Å²) in [6.07, 6.45) is 0.632. The minimum absolute atomic E-state index is 0.0273. The fraction of sp³-hybridized carbons (Fsp3) is 0.158. The fourth-order valence-corrected chi connectivity index (χ4v) is 4.24. The van der Waals surface area contributed by atoms with Gasteiger partial charge in [-0.05, 0) is 41.4 Å². The van der Waals surface area contributed by atoms with Gasteiger partial charge in [-0.2, -0.15) is 0 Å². The Bertz CT molecular complexity index is 952. The van der Waals surface area contributed by atoms with Crippen LogP contribution in [0, 0.1) is 0 Å². The van der Waals surface area contributed by atoms with Crippen LogP contribution in [0.4, 0.5) is 5.82 Å². The van der Waals surface area contributed by atoms with Gasteiger partial charge in [0, 0.05) is 16.9 Å². The monoisotopic (exact) mass is 367 g/mol. The summed E-state index contributed by atoms with van der Waals surface area (Å²) >= 11 is 3.31. The number of rotatable bonds is 6. The maximum absolute atomic E-state index is 9.47. The first kappa shape index (κ1) is 16.2. The molecule has 6 heteroatoms. The van der Waals surface area contributed by atoms with E-state index in [1.807, 2.05) is 47.8 Å². The molecule has 0 saturated heterocycles. The molecule has 0 aliphatic heterocycles. The normalized spacial score (nSPS) is 12.4. The third kappa shape index (κ3) is 3.42. The van der Waals surface area contributed by atoms with Crippen molar-refractivity contribution in [2.24, 2.45) is 0 Å². The predicted octanol–water partition coefficient (Wildman–Crippen LogP) is 4.96. The quantitative estimate of drug-likeness (QED) is 0.506. The molecule has 4 aromatic rings. The lowest BCUT2D eigenvalue weighted by molar-refractivity contribution is 0.280. The molecule has 1 unspecified atom stereocenters. The molecular formula is C19H17N3OS2. The van der Waals surface area contributed by atoms with Crippen molar-refractivity contribution in [2.75, 3.05) is 11.9 Å². The highest BCUT2D eigenvalue weighted by Crippen LogP contribution is 2.31. The number of nitrogens with zero attached hydrogens (tertiary/aromatic N) is 2. The van der Waals surface area contributed by atoms with Crippen LogP contribution in [0.5, 0.6) is 0 Å². The summed E-state index contributed by atoms with van der Waals surface area (Å²) in [5, 5.41) is 18.1. The zero-order valence-corrected chi connectivity index (χ0v) is 15.1. The van der Waals surface area contributed by atoms with Gasteiger partial charge < -0.3 is 10.4 Å². The zero-order chi connectivity index (χ0) is 17.1. The van der Waals surface area contributed by atoms with Crippen LogP contribution in [0.2, 0.25) is 0 Å². The summed E-state index contributed by atoms with van der Waals surface area (Å²) in [5.74, 6) is 1.53. The molecule has 0 fully saturated rings. The van der Waals surface area contributed by atoms with Gasteiger partial charge in [0.1, 0.15) is 5.82 Å². The lowest BCUT2D eigenvalue weighted by atomic mass is 10.1. The van der Waals surface area contributed by atoms with Crippen LogP contribution in [-0.2, 0) is 0 Å². The van der Waals surface area contributed by atoms with Crippen molar-refractivity contribution in [3.05, 3.63) is 64.2 Å². The van der Waals surface area contributed by atoms with Crippen molar-refractivity contribution in [1.82, 2.24) is 9.97 Å². The number of benzene rings is 1. The second-order valence-corrected chi connectivity index (χ2v) is 7.54. The zero-order valence-electron chi connectivity index (χ0n) is 13.4. The average Bonchev–Trinajstić information content (AvgIpc) is 3.35. The number of aliphatic hydroxyl groups excluding tert-OH is 1. The number of nitrogens with one attached hydrogen (secondary N) is 1. The maximum atomic E-state index is 9.47. The Kier molecular flexibility index (Phi) is 4.74. The Morgan fingerprint density at radius 1 is 0.960 bits per heavy atom. The van der Waals surface area contributed by atoms with Crippen molar-refractivity contribution in [1.29, 1.82) is 0 Å². The summed E-state index contributed by atoms with van der Waals surface area (Å²) in [7, 11) is 0. The van der Waals surface area contributed by atoms with E-state index in [-0.39, 0.29) is 12.6 Å². The van der Waals surface area contributed by atoms with E-state index in [1.54, 1.807) is 22.7 Å². The molecule has 126 valence electrons. The predicted molar refractivity (Wildman–Crippen MR) is 105 cm³/mol. The third-order valence-corrected chi connectivity index (χ3v) is 5.81. The highest BCUT2D eigenvalue weighted by molar-refractivity contribution is 7.13. The van der Waals surface area contributed by atoms with Crippen LogP contribution < -0.4 is 5.32 Å². The Morgan fingerprint density at radius 3 is 2.56 bits per heavy atom. The molecule has 0 spiro atoms. The van der Waals surface area contributed by atoms with Crippen LogP contribution in [0.3, 0.4) is 0 Å². The van der Waals surface area contributed by atoms with Crippen molar-refractivity contribution >= 4 is 39.4 Å². The van der Waals surface area contributed by atoms with E-state index in [4.69, 9.17) is 9.97 Å². The number of para-hydroxylation sites is 1. The number of hydrogen-bond donors (Lipinski definition) is 2.